The molecule has 2 nitrogen and oxygen atoms in total. The Morgan fingerprint density at radius 2 is 1.69 bits per heavy atom. The van der Waals surface area contributed by atoms with Crippen molar-refractivity contribution in [1.29, 1.82) is 5.26 Å². The van der Waals surface area contributed by atoms with Gasteiger partial charge in [-0.05, 0) is 17.2 Å². The summed E-state index contributed by atoms with van der Waals surface area (Å²) in [6.07, 6.45) is 0. The van der Waals surface area contributed by atoms with E-state index < -0.39 is 0 Å². The predicted octanol–water partition coefficient (Wildman–Crippen LogP) is 1.97. The van der Waals surface area contributed by atoms with E-state index in [1.165, 1.54) is 5.56 Å². The molecule has 0 saturated heterocycles. The smallest absolute Gasteiger partial charge is 0.0998 e. The molecule has 0 spiro atoms. The Kier molecular flexibility index (Phi) is 3.00. The number of rotatable bonds is 2. The minimum Gasteiger partial charge on any atom is -0.354 e. The van der Waals surface area contributed by atoms with E-state index in [0.717, 1.165) is 17.7 Å². The fourth-order valence-electron chi connectivity index (χ4n) is 1.68. The second-order valence-corrected chi connectivity index (χ2v) is 3.60. The van der Waals surface area contributed by atoms with E-state index in [9.17, 15) is 0 Å². The van der Waals surface area contributed by atoms with Crippen LogP contribution in [0.25, 0.3) is 11.1 Å². The Morgan fingerprint density at radius 3 is 2.31 bits per heavy atom. The Morgan fingerprint density at radius 1 is 1.00 bits per heavy atom. The molecule has 0 bridgehead atoms. The molecule has 0 heterocycles. The highest BCUT2D eigenvalue weighted by Gasteiger charge is 2.03. The van der Waals surface area contributed by atoms with Gasteiger partial charge in [0.1, 0.15) is 0 Å². The lowest BCUT2D eigenvalue weighted by Gasteiger charge is -2.04. The molecular weight excluding hydrogens is 196 g/mol. The molecule has 0 fully saturated rings. The predicted molar refractivity (Wildman–Crippen MR) is 63.2 cm³/mol. The molecular formula is C14H13N2+. The Bertz CT molecular complexity index is 521. The summed E-state index contributed by atoms with van der Waals surface area (Å²) in [4.78, 5) is 0. The molecule has 2 aromatic carbocycles. The molecule has 0 saturated carbocycles. The van der Waals surface area contributed by atoms with Crippen molar-refractivity contribution >= 4 is 0 Å². The molecule has 0 aliphatic carbocycles. The minimum absolute atomic E-state index is 0.713. The highest BCUT2D eigenvalue weighted by Crippen LogP contribution is 2.23. The third-order valence-electron chi connectivity index (χ3n) is 2.60. The van der Waals surface area contributed by atoms with Crippen molar-refractivity contribution in [3.63, 3.8) is 0 Å². The summed E-state index contributed by atoms with van der Waals surface area (Å²) in [5.74, 6) is 0. The second-order valence-electron chi connectivity index (χ2n) is 3.60. The van der Waals surface area contributed by atoms with Gasteiger partial charge in [0.15, 0.2) is 0 Å². The summed E-state index contributed by atoms with van der Waals surface area (Å²) in [6, 6.07) is 18.0. The largest absolute Gasteiger partial charge is 0.354 e. The number of benzene rings is 2. The molecule has 0 atom stereocenters. The maximum atomic E-state index is 9.02. The topological polar surface area (TPSA) is 51.4 Å². The molecule has 0 radical (unpaired) electrons. The summed E-state index contributed by atoms with van der Waals surface area (Å²) in [7, 11) is 0. The Hall–Kier alpha value is -2.11. The van der Waals surface area contributed by atoms with Gasteiger partial charge in [-0.15, -0.1) is 0 Å². The van der Waals surface area contributed by atoms with Crippen LogP contribution in [0.2, 0.25) is 0 Å². The molecule has 78 valence electrons. The fourth-order valence-corrected chi connectivity index (χ4v) is 1.68. The summed E-state index contributed by atoms with van der Waals surface area (Å²) < 4.78 is 0. The van der Waals surface area contributed by atoms with Crippen LogP contribution in [0.5, 0.6) is 0 Å². The first kappa shape index (κ1) is 10.4. The lowest BCUT2D eigenvalue weighted by molar-refractivity contribution is -0.386. The van der Waals surface area contributed by atoms with Gasteiger partial charge in [0.2, 0.25) is 0 Å². The van der Waals surface area contributed by atoms with Crippen LogP contribution >= 0.6 is 0 Å². The third kappa shape index (κ3) is 1.95. The molecule has 2 aromatic rings. The first-order valence-electron chi connectivity index (χ1n) is 5.23. The van der Waals surface area contributed by atoms with Crippen LogP contribution in [0, 0.1) is 11.3 Å². The van der Waals surface area contributed by atoms with Crippen LogP contribution in [0.1, 0.15) is 11.1 Å². The molecule has 0 aliphatic rings. The normalized spacial score (nSPS) is 9.75. The highest BCUT2D eigenvalue weighted by molar-refractivity contribution is 5.70. The molecule has 0 aliphatic heterocycles. The molecule has 2 rings (SSSR count). The van der Waals surface area contributed by atoms with Crippen molar-refractivity contribution < 1.29 is 5.73 Å². The molecule has 0 unspecified atom stereocenters. The van der Waals surface area contributed by atoms with Crippen LogP contribution in [0.3, 0.4) is 0 Å². The summed E-state index contributed by atoms with van der Waals surface area (Å²) in [6.45, 7) is 0.792. The van der Waals surface area contributed by atoms with Gasteiger partial charge in [-0.2, -0.15) is 5.26 Å². The molecule has 16 heavy (non-hydrogen) atoms. The molecule has 3 N–H and O–H groups in total. The maximum Gasteiger partial charge on any atom is 0.0998 e. The number of nitriles is 1. The Balaban J connectivity index is 2.47. The van der Waals surface area contributed by atoms with Gasteiger partial charge in [0, 0.05) is 5.56 Å². The van der Waals surface area contributed by atoms with E-state index in [1.54, 1.807) is 0 Å². The summed E-state index contributed by atoms with van der Waals surface area (Å²) in [5.41, 5.74) is 7.82. The number of hydrogen-bond donors (Lipinski definition) is 1. The van der Waals surface area contributed by atoms with Gasteiger partial charge in [0.05, 0.1) is 18.2 Å². The average Bonchev–Trinajstić information content (AvgIpc) is 2.39. The molecule has 0 aromatic heterocycles. The molecule has 0 amide bonds. The van der Waals surface area contributed by atoms with Crippen molar-refractivity contribution in [1.82, 2.24) is 0 Å². The zero-order valence-corrected chi connectivity index (χ0v) is 8.98. The van der Waals surface area contributed by atoms with Crippen LogP contribution in [-0.2, 0) is 6.54 Å². The van der Waals surface area contributed by atoms with Crippen molar-refractivity contribution in [2.75, 3.05) is 0 Å². The van der Waals surface area contributed by atoms with E-state index in [0.29, 0.717) is 5.56 Å². The average molecular weight is 209 g/mol. The quantitative estimate of drug-likeness (QED) is 0.807. The summed E-state index contributed by atoms with van der Waals surface area (Å²) >= 11 is 0. The standard InChI is InChI=1S/C14H12N2/c15-9-11-5-7-12(8-6-11)14-4-2-1-3-13(14)10-16/h1-8H,9,15H2/p+1. The second kappa shape index (κ2) is 4.61. The van der Waals surface area contributed by atoms with E-state index in [1.807, 2.05) is 36.4 Å². The van der Waals surface area contributed by atoms with Gasteiger partial charge in [0.25, 0.3) is 0 Å². The summed E-state index contributed by atoms with van der Waals surface area (Å²) in [5, 5.41) is 9.02. The van der Waals surface area contributed by atoms with Gasteiger partial charge in [-0.3, -0.25) is 0 Å². The van der Waals surface area contributed by atoms with Crippen molar-refractivity contribution in [2.24, 2.45) is 0 Å². The van der Waals surface area contributed by atoms with E-state index in [4.69, 9.17) is 5.26 Å². The van der Waals surface area contributed by atoms with Crippen LogP contribution in [0.4, 0.5) is 0 Å². The SMILES string of the molecule is N#Cc1ccccc1-c1ccc(C[NH3+])cc1. The number of nitrogens with zero attached hydrogens (tertiary/aromatic N) is 1. The lowest BCUT2D eigenvalue weighted by atomic mass is 9.99. The highest BCUT2D eigenvalue weighted by atomic mass is 14.5. The monoisotopic (exact) mass is 209 g/mol. The minimum atomic E-state index is 0.713. The first-order valence-corrected chi connectivity index (χ1v) is 5.23. The van der Waals surface area contributed by atoms with Crippen LogP contribution < -0.4 is 5.73 Å². The van der Waals surface area contributed by atoms with Crippen LogP contribution in [0.15, 0.2) is 48.5 Å². The fraction of sp³-hybridized carbons (Fsp3) is 0.0714. The van der Waals surface area contributed by atoms with E-state index >= 15 is 0 Å². The molecule has 2 heteroatoms. The van der Waals surface area contributed by atoms with Gasteiger partial charge < -0.3 is 5.73 Å². The van der Waals surface area contributed by atoms with E-state index in [-0.39, 0.29) is 0 Å². The van der Waals surface area contributed by atoms with E-state index in [2.05, 4.69) is 23.9 Å². The maximum absolute atomic E-state index is 9.02. The lowest BCUT2D eigenvalue weighted by Crippen LogP contribution is -2.47. The number of hydrogen-bond acceptors (Lipinski definition) is 1. The Labute approximate surface area is 95.0 Å². The van der Waals surface area contributed by atoms with Gasteiger partial charge >= 0.3 is 0 Å². The number of quaternary nitrogens is 1. The van der Waals surface area contributed by atoms with Crippen molar-refractivity contribution in [3.8, 4) is 17.2 Å². The zero-order chi connectivity index (χ0) is 11.4. The van der Waals surface area contributed by atoms with Crippen molar-refractivity contribution in [3.05, 3.63) is 59.7 Å². The van der Waals surface area contributed by atoms with Crippen LogP contribution in [-0.4, -0.2) is 0 Å². The van der Waals surface area contributed by atoms with Gasteiger partial charge in [-0.25, -0.2) is 0 Å². The zero-order valence-electron chi connectivity index (χ0n) is 8.98. The third-order valence-corrected chi connectivity index (χ3v) is 2.60. The van der Waals surface area contributed by atoms with Gasteiger partial charge in [-0.1, -0.05) is 42.5 Å². The first-order chi connectivity index (χ1) is 7.85. The van der Waals surface area contributed by atoms with Crippen molar-refractivity contribution in [2.45, 2.75) is 6.54 Å².